The van der Waals surface area contributed by atoms with Gasteiger partial charge >= 0.3 is 0 Å². The van der Waals surface area contributed by atoms with Crippen LogP contribution >= 0.6 is 11.6 Å². The van der Waals surface area contributed by atoms with E-state index in [2.05, 4.69) is 15.3 Å². The van der Waals surface area contributed by atoms with E-state index in [4.69, 9.17) is 16.3 Å². The molecule has 4 nitrogen and oxygen atoms in total. The summed E-state index contributed by atoms with van der Waals surface area (Å²) >= 11 is 5.88. The molecule has 0 aliphatic carbocycles. The van der Waals surface area contributed by atoms with Crippen LogP contribution < -0.4 is 10.1 Å². The zero-order valence-corrected chi connectivity index (χ0v) is 11.7. The van der Waals surface area contributed by atoms with Gasteiger partial charge in [0.1, 0.15) is 11.6 Å². The van der Waals surface area contributed by atoms with Gasteiger partial charge in [-0.3, -0.25) is 0 Å². The Hall–Kier alpha value is -1.81. The highest BCUT2D eigenvalue weighted by molar-refractivity contribution is 6.28. The molecule has 0 fully saturated rings. The molecule has 0 spiro atoms. The third-order valence-electron chi connectivity index (χ3n) is 2.77. The number of nitrogens with zero attached hydrogens (tertiary/aromatic N) is 2. The molecule has 5 heteroatoms. The number of aryl methyl sites for hydroxylation is 1. The highest BCUT2D eigenvalue weighted by Crippen LogP contribution is 2.19. The third kappa shape index (κ3) is 3.58. The quantitative estimate of drug-likeness (QED) is 0.852. The van der Waals surface area contributed by atoms with Gasteiger partial charge in [0.05, 0.1) is 7.11 Å². The lowest BCUT2D eigenvalue weighted by Gasteiger charge is -2.10. The molecule has 19 heavy (non-hydrogen) atoms. The Morgan fingerprint density at radius 3 is 2.79 bits per heavy atom. The maximum absolute atomic E-state index is 5.88. The Kier molecular flexibility index (Phi) is 4.58. The van der Waals surface area contributed by atoms with Crippen LogP contribution in [-0.4, -0.2) is 17.1 Å². The summed E-state index contributed by atoms with van der Waals surface area (Å²) in [6.07, 6.45) is 0.825. The smallest absolute Gasteiger partial charge is 0.224 e. The van der Waals surface area contributed by atoms with Crippen LogP contribution in [0.5, 0.6) is 5.75 Å². The van der Waals surface area contributed by atoms with E-state index in [0.29, 0.717) is 6.54 Å². The van der Waals surface area contributed by atoms with Crippen molar-refractivity contribution in [3.8, 4) is 5.75 Å². The summed E-state index contributed by atoms with van der Waals surface area (Å²) in [6, 6.07) is 9.77. The summed E-state index contributed by atoms with van der Waals surface area (Å²) in [5.74, 6) is 1.58. The van der Waals surface area contributed by atoms with E-state index in [-0.39, 0.29) is 5.28 Å². The second-order valence-corrected chi connectivity index (χ2v) is 4.37. The van der Waals surface area contributed by atoms with Gasteiger partial charge < -0.3 is 10.1 Å². The number of methoxy groups -OCH3 is 1. The molecule has 1 heterocycles. The molecular weight excluding hydrogens is 262 g/mol. The number of rotatable bonds is 5. The van der Waals surface area contributed by atoms with E-state index in [1.807, 2.05) is 37.3 Å². The first-order chi connectivity index (χ1) is 9.22. The molecule has 0 saturated carbocycles. The molecule has 0 radical (unpaired) electrons. The van der Waals surface area contributed by atoms with E-state index < -0.39 is 0 Å². The summed E-state index contributed by atoms with van der Waals surface area (Å²) in [4.78, 5) is 8.29. The van der Waals surface area contributed by atoms with Gasteiger partial charge in [-0.1, -0.05) is 25.1 Å². The summed E-state index contributed by atoms with van der Waals surface area (Å²) in [6.45, 7) is 2.66. The first kappa shape index (κ1) is 13.6. The predicted molar refractivity (Wildman–Crippen MR) is 76.7 cm³/mol. The highest BCUT2D eigenvalue weighted by atomic mass is 35.5. The van der Waals surface area contributed by atoms with E-state index in [9.17, 15) is 0 Å². The van der Waals surface area contributed by atoms with E-state index in [0.717, 1.165) is 29.2 Å². The second kappa shape index (κ2) is 6.38. The van der Waals surface area contributed by atoms with Crippen LogP contribution in [-0.2, 0) is 13.0 Å². The van der Waals surface area contributed by atoms with Crippen molar-refractivity contribution in [1.82, 2.24) is 9.97 Å². The van der Waals surface area contributed by atoms with Crippen LogP contribution in [0.25, 0.3) is 0 Å². The standard InChI is InChI=1S/C14H16ClN3O/c1-3-11-8-13(18-14(15)17-11)16-9-10-6-4-5-7-12(10)19-2/h4-8H,3,9H2,1-2H3,(H,16,17,18). The number of halogens is 1. The number of para-hydroxylation sites is 1. The maximum atomic E-state index is 5.88. The molecule has 0 saturated heterocycles. The first-order valence-electron chi connectivity index (χ1n) is 6.12. The van der Waals surface area contributed by atoms with Crippen molar-refractivity contribution in [3.05, 3.63) is 46.9 Å². The summed E-state index contributed by atoms with van der Waals surface area (Å²) in [5, 5.41) is 3.50. The molecule has 100 valence electrons. The average molecular weight is 278 g/mol. The minimum absolute atomic E-state index is 0.266. The van der Waals surface area contributed by atoms with Crippen LogP contribution in [0.1, 0.15) is 18.2 Å². The molecule has 0 amide bonds. The molecule has 2 rings (SSSR count). The van der Waals surface area contributed by atoms with Gasteiger partial charge in [0, 0.05) is 23.9 Å². The SMILES string of the molecule is CCc1cc(NCc2ccccc2OC)nc(Cl)n1. The number of aromatic nitrogens is 2. The van der Waals surface area contributed by atoms with Gasteiger partial charge in [0.15, 0.2) is 0 Å². The van der Waals surface area contributed by atoms with Gasteiger partial charge in [-0.05, 0) is 24.1 Å². The zero-order valence-electron chi connectivity index (χ0n) is 11.0. The number of hydrogen-bond acceptors (Lipinski definition) is 4. The van der Waals surface area contributed by atoms with Gasteiger partial charge in [-0.2, -0.15) is 0 Å². The number of hydrogen-bond donors (Lipinski definition) is 1. The van der Waals surface area contributed by atoms with Crippen LogP contribution in [0.3, 0.4) is 0 Å². The Morgan fingerprint density at radius 1 is 1.26 bits per heavy atom. The highest BCUT2D eigenvalue weighted by Gasteiger charge is 2.04. The van der Waals surface area contributed by atoms with E-state index >= 15 is 0 Å². The fraction of sp³-hybridized carbons (Fsp3) is 0.286. The van der Waals surface area contributed by atoms with Crippen molar-refractivity contribution in [2.45, 2.75) is 19.9 Å². The zero-order chi connectivity index (χ0) is 13.7. The Morgan fingerprint density at radius 2 is 2.05 bits per heavy atom. The van der Waals surface area contributed by atoms with Gasteiger partial charge in [0.25, 0.3) is 0 Å². The Balaban J connectivity index is 2.12. The molecule has 2 aromatic rings. The number of anilines is 1. The number of ether oxygens (including phenoxy) is 1. The van der Waals surface area contributed by atoms with Gasteiger partial charge in [-0.25, -0.2) is 9.97 Å². The molecule has 0 aliphatic rings. The van der Waals surface area contributed by atoms with Crippen molar-refractivity contribution < 1.29 is 4.74 Å². The minimum Gasteiger partial charge on any atom is -0.496 e. The molecule has 1 aromatic carbocycles. The topological polar surface area (TPSA) is 47.0 Å². The van der Waals surface area contributed by atoms with Crippen molar-refractivity contribution in [3.63, 3.8) is 0 Å². The number of nitrogens with one attached hydrogen (secondary N) is 1. The lowest BCUT2D eigenvalue weighted by Crippen LogP contribution is -2.04. The van der Waals surface area contributed by atoms with E-state index in [1.54, 1.807) is 7.11 Å². The molecule has 0 atom stereocenters. The third-order valence-corrected chi connectivity index (χ3v) is 2.94. The van der Waals surface area contributed by atoms with Crippen molar-refractivity contribution in [1.29, 1.82) is 0 Å². The Labute approximate surface area is 117 Å². The molecule has 0 bridgehead atoms. The van der Waals surface area contributed by atoms with Crippen LogP contribution in [0.15, 0.2) is 30.3 Å². The minimum atomic E-state index is 0.266. The summed E-state index contributed by atoms with van der Waals surface area (Å²) < 4.78 is 5.30. The first-order valence-corrected chi connectivity index (χ1v) is 6.50. The molecule has 0 aliphatic heterocycles. The Bertz CT molecular complexity index is 560. The normalized spacial score (nSPS) is 10.3. The van der Waals surface area contributed by atoms with Crippen LogP contribution in [0.4, 0.5) is 5.82 Å². The second-order valence-electron chi connectivity index (χ2n) is 4.03. The van der Waals surface area contributed by atoms with Gasteiger partial charge in [-0.15, -0.1) is 0 Å². The van der Waals surface area contributed by atoms with Gasteiger partial charge in [0.2, 0.25) is 5.28 Å². The monoisotopic (exact) mass is 277 g/mol. The molecule has 0 unspecified atom stereocenters. The largest absolute Gasteiger partial charge is 0.496 e. The summed E-state index contributed by atoms with van der Waals surface area (Å²) in [5.41, 5.74) is 1.99. The fourth-order valence-corrected chi connectivity index (χ4v) is 1.97. The lowest BCUT2D eigenvalue weighted by molar-refractivity contribution is 0.410. The molecule has 1 aromatic heterocycles. The van der Waals surface area contributed by atoms with Crippen LogP contribution in [0, 0.1) is 0 Å². The molecular formula is C14H16ClN3O. The lowest BCUT2D eigenvalue weighted by atomic mass is 10.2. The fourth-order valence-electron chi connectivity index (χ4n) is 1.77. The van der Waals surface area contributed by atoms with Crippen molar-refractivity contribution >= 4 is 17.4 Å². The average Bonchev–Trinajstić information content (AvgIpc) is 2.44. The van der Waals surface area contributed by atoms with E-state index in [1.165, 1.54) is 0 Å². The van der Waals surface area contributed by atoms with Crippen molar-refractivity contribution in [2.24, 2.45) is 0 Å². The van der Waals surface area contributed by atoms with Crippen LogP contribution in [0.2, 0.25) is 5.28 Å². The predicted octanol–water partition coefficient (Wildman–Crippen LogP) is 3.31. The van der Waals surface area contributed by atoms with Crippen molar-refractivity contribution in [2.75, 3.05) is 12.4 Å². The maximum Gasteiger partial charge on any atom is 0.224 e. The number of benzene rings is 1. The summed E-state index contributed by atoms with van der Waals surface area (Å²) in [7, 11) is 1.66. The molecule has 1 N–H and O–H groups in total.